The number of aryl methyl sites for hydroxylation is 1. The molecule has 0 spiro atoms. The van der Waals surface area contributed by atoms with Gasteiger partial charge in [0.25, 0.3) is 0 Å². The maximum absolute atomic E-state index is 14.5. The second kappa shape index (κ2) is 11.3. The lowest BCUT2D eigenvalue weighted by Crippen LogP contribution is -2.50. The quantitative estimate of drug-likeness (QED) is 0.442. The van der Waals surface area contributed by atoms with E-state index in [-0.39, 0.29) is 23.2 Å². The molecule has 4 heterocycles. The molecule has 6 nitrogen and oxygen atoms in total. The van der Waals surface area contributed by atoms with E-state index in [2.05, 4.69) is 32.8 Å². The maximum Gasteiger partial charge on any atom is 0.144 e. The van der Waals surface area contributed by atoms with Crippen LogP contribution in [0.2, 0.25) is 5.02 Å². The average Bonchev–Trinajstić information content (AvgIpc) is 3.40. The van der Waals surface area contributed by atoms with Gasteiger partial charge in [-0.1, -0.05) is 17.7 Å². The van der Waals surface area contributed by atoms with Crippen molar-refractivity contribution >= 4 is 33.9 Å². The predicted molar refractivity (Wildman–Crippen MR) is 143 cm³/mol. The van der Waals surface area contributed by atoms with Gasteiger partial charge in [-0.15, -0.1) is 0 Å². The Hall–Kier alpha value is -2.78. The minimum Gasteiger partial charge on any atom is -0.395 e. The number of aliphatic imine (C=N–C) groups is 1. The molecule has 1 atom stereocenters. The van der Waals surface area contributed by atoms with Gasteiger partial charge in [0, 0.05) is 55.6 Å². The minimum absolute atomic E-state index is 0.146. The molecule has 0 amide bonds. The van der Waals surface area contributed by atoms with Crippen LogP contribution in [0.1, 0.15) is 30.2 Å². The fourth-order valence-electron chi connectivity index (χ4n) is 4.96. The van der Waals surface area contributed by atoms with Crippen molar-refractivity contribution in [3.8, 4) is 0 Å². The van der Waals surface area contributed by atoms with E-state index in [9.17, 15) is 13.9 Å². The van der Waals surface area contributed by atoms with Gasteiger partial charge in [0.2, 0.25) is 0 Å². The molecule has 0 saturated carbocycles. The smallest absolute Gasteiger partial charge is 0.144 e. The van der Waals surface area contributed by atoms with Crippen LogP contribution in [0.5, 0.6) is 0 Å². The zero-order chi connectivity index (χ0) is 25.9. The van der Waals surface area contributed by atoms with Crippen molar-refractivity contribution in [2.45, 2.75) is 25.8 Å². The summed E-state index contributed by atoms with van der Waals surface area (Å²) < 4.78 is 28.2. The molecule has 1 fully saturated rings. The Morgan fingerprint density at radius 2 is 1.86 bits per heavy atom. The first-order valence-corrected chi connectivity index (χ1v) is 13.0. The fraction of sp³-hybridized carbons (Fsp3) is 0.393. The van der Waals surface area contributed by atoms with Crippen LogP contribution in [0, 0.1) is 11.6 Å². The topological polar surface area (TPSA) is 64.8 Å². The third-order valence-electron chi connectivity index (χ3n) is 7.17. The van der Waals surface area contributed by atoms with Gasteiger partial charge in [-0.25, -0.2) is 13.8 Å². The molecular weight excluding hydrogens is 496 g/mol. The van der Waals surface area contributed by atoms with Crippen LogP contribution >= 0.6 is 11.6 Å². The third kappa shape index (κ3) is 5.72. The highest BCUT2D eigenvalue weighted by atomic mass is 35.5. The highest BCUT2D eigenvalue weighted by Gasteiger charge is 2.23. The van der Waals surface area contributed by atoms with Crippen LogP contribution in [0.3, 0.4) is 0 Å². The molecule has 5 rings (SSSR count). The number of benzene rings is 1. The van der Waals surface area contributed by atoms with Crippen molar-refractivity contribution in [3.05, 3.63) is 76.1 Å². The van der Waals surface area contributed by atoms with E-state index < -0.39 is 11.6 Å². The van der Waals surface area contributed by atoms with Crippen molar-refractivity contribution in [2.75, 3.05) is 45.9 Å². The highest BCUT2D eigenvalue weighted by Crippen LogP contribution is 2.29. The first-order chi connectivity index (χ1) is 17.9. The van der Waals surface area contributed by atoms with Gasteiger partial charge in [-0.3, -0.25) is 14.9 Å². The lowest BCUT2D eigenvalue weighted by molar-refractivity contribution is 0.0729. The van der Waals surface area contributed by atoms with Crippen molar-refractivity contribution < 1.29 is 13.9 Å². The molecule has 2 aliphatic heterocycles. The average molecular weight is 526 g/mol. The molecule has 0 radical (unpaired) electrons. The van der Waals surface area contributed by atoms with Crippen LogP contribution < -0.4 is 0 Å². The van der Waals surface area contributed by atoms with Gasteiger partial charge in [-0.2, -0.15) is 0 Å². The number of rotatable bonds is 8. The summed E-state index contributed by atoms with van der Waals surface area (Å²) in [5.74, 6) is -1.50. The first-order valence-electron chi connectivity index (χ1n) is 12.7. The molecule has 1 unspecified atom stereocenters. The molecule has 2 aliphatic rings. The molecule has 1 N–H and O–H groups in total. The third-order valence-corrected chi connectivity index (χ3v) is 7.46. The minimum atomic E-state index is -0.798. The maximum atomic E-state index is 14.5. The number of fused-ring (bicyclic) bond motifs is 1. The largest absolute Gasteiger partial charge is 0.395 e. The van der Waals surface area contributed by atoms with Crippen molar-refractivity contribution in [2.24, 2.45) is 4.99 Å². The summed E-state index contributed by atoms with van der Waals surface area (Å²) in [6, 6.07) is 8.10. The number of pyridine rings is 2. The molecule has 1 aromatic carbocycles. The lowest BCUT2D eigenvalue weighted by atomic mass is 9.99. The molecule has 194 valence electrons. The second-order valence-corrected chi connectivity index (χ2v) is 10.1. The number of halogens is 3. The number of hydrogen-bond acceptors (Lipinski definition) is 6. The van der Waals surface area contributed by atoms with Crippen molar-refractivity contribution in [3.63, 3.8) is 0 Å². The summed E-state index contributed by atoms with van der Waals surface area (Å²) in [7, 11) is 0. The molecule has 0 aliphatic carbocycles. The predicted octanol–water partition coefficient (Wildman–Crippen LogP) is 4.38. The Morgan fingerprint density at radius 1 is 1.05 bits per heavy atom. The number of aliphatic hydroxyl groups is 1. The van der Waals surface area contributed by atoms with Gasteiger partial charge in [-0.05, 0) is 56.1 Å². The summed E-state index contributed by atoms with van der Waals surface area (Å²) in [4.78, 5) is 18.6. The van der Waals surface area contributed by atoms with Gasteiger partial charge in [0.15, 0.2) is 0 Å². The SMILES string of the molecule is CC(CO)N1CCN(CCCc2cnc3ccc(C4=CCN=C4c4cc(Cl)c(F)cc4F)nc3c2)CC1. The molecule has 37 heavy (non-hydrogen) atoms. The Bertz CT molecular complexity index is 1350. The lowest BCUT2D eigenvalue weighted by Gasteiger charge is -2.37. The highest BCUT2D eigenvalue weighted by molar-refractivity contribution is 6.35. The van der Waals surface area contributed by atoms with Crippen LogP contribution in [-0.2, 0) is 6.42 Å². The number of nitrogens with zero attached hydrogens (tertiary/aromatic N) is 5. The number of allylic oxidation sites excluding steroid dienone is 1. The standard InChI is InChI=1S/C28H30ClF2N5O/c1-18(17-37)36-11-9-35(10-12-36)8-2-3-19-13-27-26(33-16-19)5-4-25(34-27)20-6-7-32-28(20)21-14-22(29)24(31)15-23(21)30/h4-6,13-16,18,37H,2-3,7-12,17H2,1H3. The van der Waals surface area contributed by atoms with Gasteiger partial charge >= 0.3 is 0 Å². The van der Waals surface area contributed by atoms with Gasteiger partial charge < -0.3 is 10.0 Å². The number of hydrogen-bond donors (Lipinski definition) is 1. The normalized spacial score (nSPS) is 17.8. The monoisotopic (exact) mass is 525 g/mol. The summed E-state index contributed by atoms with van der Waals surface area (Å²) in [5.41, 5.74) is 4.62. The molecular formula is C28H30ClF2N5O. The molecule has 1 saturated heterocycles. The van der Waals surface area contributed by atoms with E-state index in [1.165, 1.54) is 6.07 Å². The van der Waals surface area contributed by atoms with Crippen molar-refractivity contribution in [1.82, 2.24) is 19.8 Å². The number of aromatic nitrogens is 2. The Morgan fingerprint density at radius 3 is 2.65 bits per heavy atom. The van der Waals surface area contributed by atoms with Crippen LogP contribution in [0.25, 0.3) is 16.6 Å². The van der Waals surface area contributed by atoms with E-state index in [0.29, 0.717) is 23.5 Å². The van der Waals surface area contributed by atoms with Crippen LogP contribution in [0.4, 0.5) is 8.78 Å². The fourth-order valence-corrected chi connectivity index (χ4v) is 5.12. The van der Waals surface area contributed by atoms with E-state index in [0.717, 1.165) is 68.2 Å². The zero-order valence-corrected chi connectivity index (χ0v) is 21.6. The van der Waals surface area contributed by atoms with Crippen LogP contribution in [-0.4, -0.2) is 82.5 Å². The van der Waals surface area contributed by atoms with Gasteiger partial charge in [0.05, 0.1) is 40.6 Å². The summed E-state index contributed by atoms with van der Waals surface area (Å²) in [6.07, 6.45) is 5.71. The Kier molecular flexibility index (Phi) is 7.90. The van der Waals surface area contributed by atoms with Crippen molar-refractivity contribution in [1.29, 1.82) is 0 Å². The Labute approximate surface area is 220 Å². The van der Waals surface area contributed by atoms with Gasteiger partial charge in [0.1, 0.15) is 11.6 Å². The second-order valence-electron chi connectivity index (χ2n) is 9.64. The summed E-state index contributed by atoms with van der Waals surface area (Å²) in [6.45, 7) is 7.69. The summed E-state index contributed by atoms with van der Waals surface area (Å²) in [5, 5.41) is 9.22. The van der Waals surface area contributed by atoms with E-state index >= 15 is 0 Å². The molecule has 2 aromatic heterocycles. The van der Waals surface area contributed by atoms with E-state index in [1.54, 1.807) is 0 Å². The van der Waals surface area contributed by atoms with E-state index in [1.807, 2.05) is 24.4 Å². The molecule has 0 bridgehead atoms. The molecule has 3 aromatic rings. The number of aliphatic hydroxyl groups excluding tert-OH is 1. The zero-order valence-electron chi connectivity index (χ0n) is 20.8. The summed E-state index contributed by atoms with van der Waals surface area (Å²) >= 11 is 5.92. The van der Waals surface area contributed by atoms with Crippen LogP contribution in [0.15, 0.2) is 47.6 Å². The number of piperazine rings is 1. The molecule has 9 heteroatoms. The first kappa shape index (κ1) is 25.9. The Balaban J connectivity index is 1.26. The van der Waals surface area contributed by atoms with E-state index in [4.69, 9.17) is 16.6 Å².